The Morgan fingerprint density at radius 1 is 0.187 bits per heavy atom. The summed E-state index contributed by atoms with van der Waals surface area (Å²) in [7, 11) is 0. The van der Waals surface area contributed by atoms with Gasteiger partial charge in [-0.15, -0.1) is 11.3 Å². The highest BCUT2D eigenvalue weighted by Gasteiger charge is 2.27. The molecular formula is C123H76N10S. The Hall–Kier alpha value is -17.8. The Labute approximate surface area is 774 Å². The van der Waals surface area contributed by atoms with Crippen molar-refractivity contribution in [3.63, 3.8) is 0 Å². The van der Waals surface area contributed by atoms with Crippen LogP contribution >= 0.6 is 11.3 Å². The van der Waals surface area contributed by atoms with Crippen molar-refractivity contribution in [2.45, 2.75) is 0 Å². The molecule has 0 spiro atoms. The van der Waals surface area contributed by atoms with Gasteiger partial charge in [-0.25, -0.2) is 34.9 Å². The Bertz CT molecular complexity index is 9300. The third kappa shape index (κ3) is 13.0. The van der Waals surface area contributed by atoms with Crippen LogP contribution in [0, 0.1) is 0 Å². The van der Waals surface area contributed by atoms with Crippen LogP contribution < -0.4 is 0 Å². The Kier molecular flexibility index (Phi) is 18.6. The van der Waals surface area contributed by atoms with Gasteiger partial charge in [0.05, 0.1) is 61.2 Å². The van der Waals surface area contributed by atoms with Crippen LogP contribution in [0.3, 0.4) is 0 Å². The highest BCUT2D eigenvalue weighted by molar-refractivity contribution is 7.26. The van der Waals surface area contributed by atoms with Gasteiger partial charge < -0.3 is 9.13 Å². The van der Waals surface area contributed by atoms with Crippen molar-refractivity contribution < 1.29 is 0 Å². The number of thiophene rings is 1. The van der Waals surface area contributed by atoms with Gasteiger partial charge in [-0.1, -0.05) is 376 Å². The van der Waals surface area contributed by atoms with E-state index >= 15 is 0 Å². The van der Waals surface area contributed by atoms with Crippen LogP contribution in [0.2, 0.25) is 0 Å². The van der Waals surface area contributed by atoms with Crippen molar-refractivity contribution in [1.29, 1.82) is 0 Å². The lowest BCUT2D eigenvalue weighted by Crippen LogP contribution is -2.03. The van der Waals surface area contributed by atoms with Crippen LogP contribution in [-0.4, -0.2) is 48.6 Å². The molecule has 0 fully saturated rings. The predicted octanol–water partition coefficient (Wildman–Crippen LogP) is 32.1. The monoisotopic (exact) mass is 1720 g/mol. The van der Waals surface area contributed by atoms with E-state index in [2.05, 4.69) is 450 Å². The molecule has 0 N–H and O–H groups in total. The van der Waals surface area contributed by atoms with Gasteiger partial charge in [0.25, 0.3) is 0 Å². The van der Waals surface area contributed by atoms with E-state index < -0.39 is 0 Å². The first-order valence-electron chi connectivity index (χ1n) is 45.2. The van der Waals surface area contributed by atoms with Crippen molar-refractivity contribution in [1.82, 2.24) is 48.6 Å². The van der Waals surface area contributed by atoms with Gasteiger partial charge in [0.2, 0.25) is 0 Å². The van der Waals surface area contributed by atoms with Crippen LogP contribution in [0.25, 0.3) is 259 Å². The molecule has 0 aliphatic rings. The van der Waals surface area contributed by atoms with Gasteiger partial charge in [-0.3, -0.25) is 4.57 Å². The maximum Gasteiger partial charge on any atom is 0.164 e. The average Bonchev–Trinajstić information content (AvgIpc) is 1.56. The number of pyridine rings is 2. The Morgan fingerprint density at radius 2 is 0.522 bits per heavy atom. The van der Waals surface area contributed by atoms with E-state index in [0.29, 0.717) is 23.3 Å². The van der Waals surface area contributed by atoms with Gasteiger partial charge in [-0.05, 0) is 134 Å². The van der Waals surface area contributed by atoms with E-state index in [0.717, 1.165) is 177 Å². The zero-order valence-electron chi connectivity index (χ0n) is 72.3. The summed E-state index contributed by atoms with van der Waals surface area (Å²) in [6.07, 6.45) is 0. The molecule has 0 aliphatic heterocycles. The number of hydrogen-bond donors (Lipinski definition) is 0. The fraction of sp³-hybridized carbons (Fsp3) is 0. The molecular weight excluding hydrogens is 1650 g/mol. The molecule has 0 saturated heterocycles. The van der Waals surface area contributed by atoms with E-state index in [1.54, 1.807) is 0 Å². The van der Waals surface area contributed by atoms with Crippen LogP contribution in [0.5, 0.6) is 0 Å². The number of fused-ring (bicyclic) bond motifs is 18. The molecule has 27 aromatic rings. The molecule has 0 amide bonds. The van der Waals surface area contributed by atoms with Crippen molar-refractivity contribution in [2.75, 3.05) is 0 Å². The van der Waals surface area contributed by atoms with Gasteiger partial charge in [0, 0.05) is 120 Å². The van der Waals surface area contributed by atoms with E-state index in [-0.39, 0.29) is 0 Å². The molecule has 10 nitrogen and oxygen atoms in total. The number of aromatic nitrogens is 10. The lowest BCUT2D eigenvalue weighted by atomic mass is 9.94. The molecule has 11 heteroatoms. The molecule has 8 aromatic heterocycles. The second-order valence-electron chi connectivity index (χ2n) is 34.0. The summed E-state index contributed by atoms with van der Waals surface area (Å²) in [4.78, 5) is 36.9. The highest BCUT2D eigenvalue weighted by atomic mass is 32.1. The molecule has 19 aromatic carbocycles. The second-order valence-corrected chi connectivity index (χ2v) is 35.1. The Morgan fingerprint density at radius 3 is 1.01 bits per heavy atom. The highest BCUT2D eigenvalue weighted by Crippen LogP contribution is 2.48. The maximum atomic E-state index is 5.41. The maximum absolute atomic E-state index is 5.41. The largest absolute Gasteiger partial charge is 0.307 e. The molecule has 0 saturated carbocycles. The average molecular weight is 1730 g/mol. The van der Waals surface area contributed by atoms with Gasteiger partial charge >= 0.3 is 0 Å². The van der Waals surface area contributed by atoms with E-state index in [1.165, 1.54) is 58.1 Å². The lowest BCUT2D eigenvalue weighted by molar-refractivity contribution is 1.05. The summed E-state index contributed by atoms with van der Waals surface area (Å²) in [6.45, 7) is 0. The number of rotatable bonds is 13. The first-order valence-corrected chi connectivity index (χ1v) is 46.1. The van der Waals surface area contributed by atoms with Crippen LogP contribution in [0.1, 0.15) is 0 Å². The van der Waals surface area contributed by atoms with Crippen molar-refractivity contribution in [2.24, 2.45) is 0 Å². The van der Waals surface area contributed by atoms with Gasteiger partial charge in [0.15, 0.2) is 23.3 Å². The van der Waals surface area contributed by atoms with Gasteiger partial charge in [0.1, 0.15) is 5.82 Å². The van der Waals surface area contributed by atoms with Gasteiger partial charge in [-0.2, -0.15) is 0 Å². The third-order valence-corrected chi connectivity index (χ3v) is 27.6. The normalized spacial score (nSPS) is 11.7. The van der Waals surface area contributed by atoms with E-state index in [9.17, 15) is 0 Å². The number of benzene rings is 19. The SMILES string of the molecule is c1ccc(-c2cc(-n3c4ccccc4c4ccccc43)nc(-c3ccc(-c4ccc(-n5c6ccccc6c6c7ccccc7nc(-c7ccccc7)c65)cc4)c4ccccc34)n2)cc1.c1ccc(-c2nc(-c3ccc(-c4cccc5c4sc4ccccc45)cc3)nc(-c3ccc(-c4ccc(-n5c6ccccc6c6c7ccccc7nc(-c7ccccc7)c65)cc4)c4ccccc34)n2)cc1. The quantitative estimate of drug-likeness (QED) is 0.113. The molecule has 27 rings (SSSR count). The number of para-hydroxylation sites is 6. The summed E-state index contributed by atoms with van der Waals surface area (Å²) in [5, 5.41) is 16.5. The number of hydrogen-bond acceptors (Lipinski definition) is 8. The standard InChI is InChI=1S/C64H39N5S.C59H37N5/c1-3-16-42(17-4-1)59-60-58(53-23-9-12-27-55(53)65-59)54-24-10-13-28-56(54)69(60)45-36-34-40(35-37-45)46-38-39-52(49-21-8-7-20-48(46)49)64-67-62(43-18-5-2-6-19-43)66-63(68-64)44-32-30-41(31-33-44)47-25-15-26-51-50-22-11-14-29-57(50)70-61(47)51;1-3-17-39(18-4-1)51-37-55(64-52-28-14-10-23-45(52)46-24-11-15-29-53(46)64)62-59(61-51)47-36-35-42(43-21-7-8-22-44(43)47)38-31-33-41(34-32-38)63-54-30-16-12-26-49(54)56-48-25-9-13-27-50(48)60-57(58(56)63)40-19-5-2-6-20-40/h1-39H;1-37H. The first-order chi connectivity index (χ1) is 66.5. The second kappa shape index (κ2) is 32.2. The summed E-state index contributed by atoms with van der Waals surface area (Å²) < 4.78 is 9.65. The van der Waals surface area contributed by atoms with E-state index in [4.69, 9.17) is 34.9 Å². The third-order valence-electron chi connectivity index (χ3n) is 26.4. The van der Waals surface area contributed by atoms with Crippen molar-refractivity contribution in [3.8, 4) is 130 Å². The lowest BCUT2D eigenvalue weighted by Gasteiger charge is -2.15. The summed E-state index contributed by atoms with van der Waals surface area (Å²) in [5.74, 6) is 3.39. The molecule has 0 atom stereocenters. The molecule has 8 heterocycles. The summed E-state index contributed by atoms with van der Waals surface area (Å²) in [6, 6.07) is 163. The zero-order chi connectivity index (χ0) is 88.3. The molecule has 624 valence electrons. The fourth-order valence-electron chi connectivity index (χ4n) is 20.3. The zero-order valence-corrected chi connectivity index (χ0v) is 73.1. The van der Waals surface area contributed by atoms with Crippen molar-refractivity contribution >= 4 is 140 Å². The number of nitrogens with zero attached hydrogens (tertiary/aromatic N) is 10. The van der Waals surface area contributed by atoms with E-state index in [1.807, 2.05) is 35.6 Å². The molecule has 134 heavy (non-hydrogen) atoms. The minimum atomic E-state index is 0.628. The predicted molar refractivity (Wildman–Crippen MR) is 558 cm³/mol. The fourth-order valence-corrected chi connectivity index (χ4v) is 21.5. The molecule has 0 aliphatic carbocycles. The molecule has 0 bridgehead atoms. The topological polar surface area (TPSA) is 105 Å². The minimum Gasteiger partial charge on any atom is -0.307 e. The summed E-state index contributed by atoms with van der Waals surface area (Å²) in [5.41, 5.74) is 27.5. The first kappa shape index (κ1) is 77.4. The van der Waals surface area contributed by atoms with Crippen molar-refractivity contribution in [3.05, 3.63) is 461 Å². The summed E-state index contributed by atoms with van der Waals surface area (Å²) >= 11 is 1.85. The molecule has 0 unspecified atom stereocenters. The molecule has 0 radical (unpaired) electrons. The Balaban J connectivity index is 0.000000140. The minimum absolute atomic E-state index is 0.628. The van der Waals surface area contributed by atoms with Crippen LogP contribution in [-0.2, 0) is 0 Å². The van der Waals surface area contributed by atoms with Crippen LogP contribution in [0.4, 0.5) is 0 Å². The van der Waals surface area contributed by atoms with Crippen LogP contribution in [0.15, 0.2) is 461 Å². The smallest absolute Gasteiger partial charge is 0.164 e.